The molecule has 0 fully saturated rings. The van der Waals surface area contributed by atoms with E-state index < -0.39 is 0 Å². The van der Waals surface area contributed by atoms with Crippen molar-refractivity contribution in [3.8, 4) is 17.2 Å². The summed E-state index contributed by atoms with van der Waals surface area (Å²) >= 11 is 0. The van der Waals surface area contributed by atoms with Crippen molar-refractivity contribution in [1.82, 2.24) is 0 Å². The van der Waals surface area contributed by atoms with E-state index in [0.717, 1.165) is 11.1 Å². The number of ether oxygens (including phenoxy) is 3. The first kappa shape index (κ1) is 20.3. The number of nitrogens with one attached hydrogen (secondary N) is 2. The normalized spacial score (nSPS) is 11.7. The van der Waals surface area contributed by atoms with Crippen molar-refractivity contribution < 1.29 is 23.8 Å². The fourth-order valence-electron chi connectivity index (χ4n) is 3.10. The summed E-state index contributed by atoms with van der Waals surface area (Å²) in [7, 11) is 0. The van der Waals surface area contributed by atoms with Crippen LogP contribution in [0.3, 0.4) is 0 Å². The topological polar surface area (TPSA) is 85.9 Å². The van der Waals surface area contributed by atoms with E-state index in [0.29, 0.717) is 34.2 Å². The second-order valence-corrected chi connectivity index (χ2v) is 7.15. The van der Waals surface area contributed by atoms with Crippen LogP contribution in [0.25, 0.3) is 0 Å². The minimum absolute atomic E-state index is 0.159. The van der Waals surface area contributed by atoms with Crippen molar-refractivity contribution in [3.63, 3.8) is 0 Å². The van der Waals surface area contributed by atoms with Crippen molar-refractivity contribution >= 4 is 23.2 Å². The lowest BCUT2D eigenvalue weighted by molar-refractivity contribution is -0.118. The van der Waals surface area contributed by atoms with Crippen molar-refractivity contribution in [2.75, 3.05) is 24.0 Å². The Morgan fingerprint density at radius 1 is 0.903 bits per heavy atom. The molecule has 0 aromatic heterocycles. The van der Waals surface area contributed by atoms with Crippen molar-refractivity contribution in [3.05, 3.63) is 77.4 Å². The number of fused-ring (bicyclic) bond motifs is 1. The second-order valence-electron chi connectivity index (χ2n) is 7.15. The highest BCUT2D eigenvalue weighted by Crippen LogP contribution is 2.34. The molecular formula is C24H22N2O5. The summed E-state index contributed by atoms with van der Waals surface area (Å²) < 4.78 is 16.2. The molecule has 2 amide bonds. The summed E-state index contributed by atoms with van der Waals surface area (Å²) in [5.74, 6) is 1.11. The number of carbonyl (C=O) groups excluding carboxylic acids is 2. The van der Waals surface area contributed by atoms with Crippen LogP contribution in [0.1, 0.15) is 21.5 Å². The van der Waals surface area contributed by atoms with Crippen molar-refractivity contribution in [2.24, 2.45) is 0 Å². The Morgan fingerprint density at radius 2 is 1.71 bits per heavy atom. The first-order valence-electron chi connectivity index (χ1n) is 9.79. The minimum Gasteiger partial charge on any atom is -0.484 e. The Labute approximate surface area is 179 Å². The molecule has 31 heavy (non-hydrogen) atoms. The highest BCUT2D eigenvalue weighted by Gasteiger charge is 2.17. The average Bonchev–Trinajstić information content (AvgIpc) is 3.23. The quantitative estimate of drug-likeness (QED) is 0.623. The number of anilines is 2. The van der Waals surface area contributed by atoms with E-state index in [2.05, 4.69) is 10.6 Å². The van der Waals surface area contributed by atoms with Crippen LogP contribution in [0.15, 0.2) is 60.7 Å². The lowest BCUT2D eigenvalue weighted by atomic mass is 10.1. The van der Waals surface area contributed by atoms with Gasteiger partial charge in [0.15, 0.2) is 18.1 Å². The molecule has 0 bridgehead atoms. The molecule has 0 aliphatic carbocycles. The molecule has 0 saturated heterocycles. The van der Waals surface area contributed by atoms with Gasteiger partial charge in [0.1, 0.15) is 5.75 Å². The standard InChI is InChI=1S/C24H22N2O5/c1-15-7-9-18(11-16(15)2)29-13-23(27)26-20-6-4-3-5-19(20)24(28)25-17-8-10-21-22(12-17)31-14-30-21/h3-12H,13-14H2,1-2H3,(H,25,28)(H,26,27). The molecule has 0 unspecified atom stereocenters. The number of hydrogen-bond donors (Lipinski definition) is 2. The van der Waals surface area contributed by atoms with Crippen molar-refractivity contribution in [1.29, 1.82) is 0 Å². The molecule has 2 N–H and O–H groups in total. The van der Waals surface area contributed by atoms with Gasteiger partial charge in [0, 0.05) is 11.8 Å². The van der Waals surface area contributed by atoms with Gasteiger partial charge in [-0.05, 0) is 61.4 Å². The molecular weight excluding hydrogens is 396 g/mol. The van der Waals surface area contributed by atoms with Crippen LogP contribution in [-0.4, -0.2) is 25.2 Å². The van der Waals surface area contributed by atoms with Gasteiger partial charge in [0.2, 0.25) is 6.79 Å². The van der Waals surface area contributed by atoms with E-state index in [1.807, 2.05) is 32.0 Å². The summed E-state index contributed by atoms with van der Waals surface area (Å²) in [6.45, 7) is 3.99. The molecule has 7 heteroatoms. The van der Waals surface area contributed by atoms with Gasteiger partial charge in [0.05, 0.1) is 11.3 Å². The molecule has 1 aliphatic rings. The highest BCUT2D eigenvalue weighted by molar-refractivity contribution is 6.10. The monoisotopic (exact) mass is 418 g/mol. The van der Waals surface area contributed by atoms with Crippen LogP contribution in [0, 0.1) is 13.8 Å². The summed E-state index contributed by atoms with van der Waals surface area (Å²) in [6, 6.07) is 17.6. The Kier molecular flexibility index (Phi) is 5.75. The SMILES string of the molecule is Cc1ccc(OCC(=O)Nc2ccccc2C(=O)Nc2ccc3c(c2)OCO3)cc1C. The Bertz CT molecular complexity index is 1140. The van der Waals surface area contributed by atoms with Gasteiger partial charge < -0.3 is 24.8 Å². The Balaban J connectivity index is 1.41. The third-order valence-electron chi connectivity index (χ3n) is 4.92. The van der Waals surface area contributed by atoms with Gasteiger partial charge in [0.25, 0.3) is 11.8 Å². The number of hydrogen-bond acceptors (Lipinski definition) is 5. The van der Waals surface area contributed by atoms with E-state index in [-0.39, 0.29) is 25.2 Å². The fraction of sp³-hybridized carbons (Fsp3) is 0.167. The second kappa shape index (κ2) is 8.79. The zero-order valence-electron chi connectivity index (χ0n) is 17.2. The van der Waals surface area contributed by atoms with Crippen molar-refractivity contribution in [2.45, 2.75) is 13.8 Å². The largest absolute Gasteiger partial charge is 0.484 e. The molecule has 0 spiro atoms. The van der Waals surface area contributed by atoms with Gasteiger partial charge in [-0.15, -0.1) is 0 Å². The predicted octanol–water partition coefficient (Wildman–Crippen LogP) is 4.30. The summed E-state index contributed by atoms with van der Waals surface area (Å²) in [4.78, 5) is 25.2. The van der Waals surface area contributed by atoms with Gasteiger partial charge in [-0.2, -0.15) is 0 Å². The highest BCUT2D eigenvalue weighted by atomic mass is 16.7. The molecule has 0 saturated carbocycles. The van der Waals surface area contributed by atoms with E-state index in [9.17, 15) is 9.59 Å². The number of para-hydroxylation sites is 1. The van der Waals surface area contributed by atoms with Gasteiger partial charge in [-0.3, -0.25) is 9.59 Å². The average molecular weight is 418 g/mol. The van der Waals surface area contributed by atoms with Gasteiger partial charge >= 0.3 is 0 Å². The summed E-state index contributed by atoms with van der Waals surface area (Å²) in [5, 5.41) is 5.56. The van der Waals surface area contributed by atoms with E-state index in [4.69, 9.17) is 14.2 Å². The maximum absolute atomic E-state index is 12.8. The number of aryl methyl sites for hydroxylation is 2. The summed E-state index contributed by atoms with van der Waals surface area (Å²) in [6.07, 6.45) is 0. The maximum Gasteiger partial charge on any atom is 0.262 e. The Morgan fingerprint density at radius 3 is 2.55 bits per heavy atom. The predicted molar refractivity (Wildman–Crippen MR) is 117 cm³/mol. The molecule has 1 aliphatic heterocycles. The third-order valence-corrected chi connectivity index (χ3v) is 4.92. The molecule has 7 nitrogen and oxygen atoms in total. The first-order valence-corrected chi connectivity index (χ1v) is 9.79. The Hall–Kier alpha value is -4.00. The molecule has 0 atom stereocenters. The lowest BCUT2D eigenvalue weighted by Crippen LogP contribution is -2.22. The van der Waals surface area contributed by atoms with Gasteiger partial charge in [-0.25, -0.2) is 0 Å². The van der Waals surface area contributed by atoms with Crippen LogP contribution in [0.4, 0.5) is 11.4 Å². The van der Waals surface area contributed by atoms with Gasteiger partial charge in [-0.1, -0.05) is 18.2 Å². The number of carbonyl (C=O) groups is 2. The molecule has 3 aromatic carbocycles. The van der Waals surface area contributed by atoms with Crippen LogP contribution in [0.5, 0.6) is 17.2 Å². The zero-order chi connectivity index (χ0) is 21.8. The molecule has 3 aromatic rings. The molecule has 158 valence electrons. The lowest BCUT2D eigenvalue weighted by Gasteiger charge is -2.13. The third kappa shape index (κ3) is 4.78. The van der Waals surface area contributed by atoms with E-state index >= 15 is 0 Å². The molecule has 4 rings (SSSR count). The maximum atomic E-state index is 12.8. The molecule has 1 heterocycles. The smallest absolute Gasteiger partial charge is 0.262 e. The van der Waals surface area contributed by atoms with Crippen LogP contribution < -0.4 is 24.8 Å². The number of benzene rings is 3. The summed E-state index contributed by atoms with van der Waals surface area (Å²) in [5.41, 5.74) is 3.53. The number of rotatable bonds is 6. The van der Waals surface area contributed by atoms with Crippen LogP contribution in [-0.2, 0) is 4.79 Å². The van der Waals surface area contributed by atoms with E-state index in [1.54, 1.807) is 42.5 Å². The fourth-order valence-corrected chi connectivity index (χ4v) is 3.10. The molecule has 0 radical (unpaired) electrons. The minimum atomic E-state index is -0.360. The van der Waals surface area contributed by atoms with E-state index in [1.165, 1.54) is 0 Å². The number of amides is 2. The van der Waals surface area contributed by atoms with Crippen LogP contribution >= 0.6 is 0 Å². The first-order chi connectivity index (χ1) is 15.0. The zero-order valence-corrected chi connectivity index (χ0v) is 17.2. The van der Waals surface area contributed by atoms with Crippen LogP contribution in [0.2, 0.25) is 0 Å².